The molecule has 0 saturated carbocycles. The summed E-state index contributed by atoms with van der Waals surface area (Å²) in [6.07, 6.45) is -2.64. The number of nitrogen functional groups attached to an aromatic ring is 1. The van der Waals surface area contributed by atoms with E-state index in [1.165, 1.54) is 114 Å². The van der Waals surface area contributed by atoms with E-state index in [9.17, 15) is 50.7 Å². The first-order chi connectivity index (χ1) is 44.9. The minimum atomic E-state index is -4.25. The average molecular weight is 1360 g/mol. The highest BCUT2D eigenvalue weighted by Crippen LogP contribution is 2.49. The Morgan fingerprint density at radius 2 is 1.13 bits per heavy atom. The summed E-state index contributed by atoms with van der Waals surface area (Å²) < 4.78 is 122. The summed E-state index contributed by atoms with van der Waals surface area (Å²) in [4.78, 5) is 80.7. The van der Waals surface area contributed by atoms with Gasteiger partial charge in [0, 0.05) is 71.9 Å². The molecule has 4 fully saturated rings. The van der Waals surface area contributed by atoms with Gasteiger partial charge in [-0.1, -0.05) is 85.7 Å². The van der Waals surface area contributed by atoms with Crippen molar-refractivity contribution in [2.75, 3.05) is 52.2 Å². The van der Waals surface area contributed by atoms with Crippen LogP contribution in [0.25, 0.3) is 0 Å². The summed E-state index contributed by atoms with van der Waals surface area (Å²) >= 11 is 0. The van der Waals surface area contributed by atoms with E-state index < -0.39 is 159 Å². The van der Waals surface area contributed by atoms with E-state index in [1.807, 2.05) is 13.8 Å². The summed E-state index contributed by atoms with van der Waals surface area (Å²) in [7, 11) is -4.19. The molecule has 5 aromatic rings. The Balaban J connectivity index is 0.000000214. The second kappa shape index (κ2) is 31.1. The topological polar surface area (TPSA) is 375 Å². The second-order valence-electron chi connectivity index (χ2n) is 22.5. The molecule has 29 nitrogen and oxygen atoms in total. The molecule has 514 valence electrons. The van der Waals surface area contributed by atoms with Crippen LogP contribution in [0.5, 0.6) is 0 Å². The number of aryl methyl sites for hydroxylation is 2. The number of carbonyl (C=O) groups is 4. The number of fused-ring (bicyclic) bond motifs is 2. The van der Waals surface area contributed by atoms with Crippen LogP contribution in [0.1, 0.15) is 68.6 Å². The van der Waals surface area contributed by atoms with E-state index in [0.717, 1.165) is 15.7 Å². The average Bonchev–Trinajstić information content (AvgIpc) is 1.58. The highest BCUT2D eigenvalue weighted by atomic mass is 32.2. The minimum Gasteiger partial charge on any atom is -0.455 e. The number of rotatable bonds is 24. The van der Waals surface area contributed by atoms with Crippen molar-refractivity contribution in [2.45, 2.75) is 137 Å². The third kappa shape index (κ3) is 16.2. The zero-order valence-electron chi connectivity index (χ0n) is 53.8. The molecule has 1 amide bonds. The van der Waals surface area contributed by atoms with E-state index in [-0.39, 0.29) is 28.0 Å². The zero-order valence-corrected chi connectivity index (χ0v) is 55.5. The van der Waals surface area contributed by atoms with Crippen molar-refractivity contribution >= 4 is 55.7 Å². The van der Waals surface area contributed by atoms with Gasteiger partial charge in [-0.3, -0.25) is 36.7 Å². The molecule has 15 atom stereocenters. The van der Waals surface area contributed by atoms with Crippen LogP contribution in [0, 0.1) is 25.7 Å². The number of methoxy groups -OCH3 is 3. The number of aliphatic hydroxyl groups is 1. The number of hydrogen-bond acceptors (Lipinski definition) is 26. The van der Waals surface area contributed by atoms with Gasteiger partial charge in [0.25, 0.3) is 26.1 Å². The van der Waals surface area contributed by atoms with Crippen LogP contribution < -0.4 is 22.4 Å². The lowest BCUT2D eigenvalue weighted by molar-refractivity contribution is -0.212. The molecule has 95 heavy (non-hydrogen) atoms. The maximum atomic E-state index is 13.2. The number of aromatic nitrogens is 4. The first kappa shape index (κ1) is 74.2. The summed E-state index contributed by atoms with van der Waals surface area (Å²) in [5, 5.41) is 12.8. The van der Waals surface area contributed by atoms with Crippen molar-refractivity contribution in [3.8, 4) is 0 Å². The molecule has 4 aliphatic heterocycles. The Bertz CT molecular complexity index is 3930. The van der Waals surface area contributed by atoms with Crippen molar-refractivity contribution in [2.24, 2.45) is 11.8 Å². The van der Waals surface area contributed by atoms with E-state index >= 15 is 0 Å². The predicted molar refractivity (Wildman–Crippen MR) is 338 cm³/mol. The van der Waals surface area contributed by atoms with Crippen LogP contribution in [0.2, 0.25) is 0 Å². The lowest BCUT2D eigenvalue weighted by Gasteiger charge is -2.37. The van der Waals surface area contributed by atoms with Crippen molar-refractivity contribution in [1.82, 2.24) is 19.1 Å². The summed E-state index contributed by atoms with van der Waals surface area (Å²) in [5.41, 5.74) is 2.08. The van der Waals surface area contributed by atoms with Gasteiger partial charge in [0.15, 0.2) is 30.3 Å². The number of benzene rings is 3. The van der Waals surface area contributed by atoms with Crippen LogP contribution in [-0.2, 0) is 90.4 Å². The largest absolute Gasteiger partial charge is 0.455 e. The quantitative estimate of drug-likeness (QED) is 0.0333. The molecule has 6 heterocycles. The van der Waals surface area contributed by atoms with Crippen molar-refractivity contribution < 1.29 is 96.9 Å². The Morgan fingerprint density at radius 1 is 0.653 bits per heavy atom. The van der Waals surface area contributed by atoms with Crippen LogP contribution >= 0.6 is 0 Å². The molecule has 0 radical (unpaired) electrons. The molecule has 0 spiro atoms. The Labute approximate surface area is 548 Å². The fourth-order valence-corrected chi connectivity index (χ4v) is 13.2. The molecule has 31 heteroatoms. The lowest BCUT2D eigenvalue weighted by atomic mass is 9.83. The standard InChI is InChI=1S/C30H33N3O9S.C21H28O9S.C13H17N3O5/c1-6-20(3)30(18-40-43(37,38)23-14-12-19(2)13-15-23)26(39-5)25(41-21(4)34)28(42-30)33-17-16-24(32-29(33)36)31-27(35)22-10-8-7-9-11-22;1-7-14(3)21(12-27-31(24,25)17-10-8-13(2)9-11-17)19(26-6)18(28-15(4)22)20(30-21)29-16(5)23;1-3-7(17)13-6-20-9(10(13)19-2)11(21-13)16-5-4-8(14)15-12(16)18/h6-17,20,25-26,28H,1,18H2,2-5H3,(H,31,32,35,36);7-11,14,18-20H,1,12H2,2-6H3;3-5,7,9-11,17H,1,6H2,2H3,(H2,14,15,18)/t20-,25+,26-,28+,30+;14-,18+,19-,20?,21+;7-,9+,10-,11+,13+/m000/s1. The summed E-state index contributed by atoms with van der Waals surface area (Å²) in [6.45, 7) is 20.9. The van der Waals surface area contributed by atoms with Gasteiger partial charge >= 0.3 is 29.3 Å². The van der Waals surface area contributed by atoms with E-state index in [4.69, 9.17) is 61.5 Å². The molecule has 3 aromatic carbocycles. The maximum Gasteiger partial charge on any atom is 0.351 e. The van der Waals surface area contributed by atoms with Crippen LogP contribution in [0.4, 0.5) is 11.6 Å². The van der Waals surface area contributed by atoms with Crippen molar-refractivity contribution in [1.29, 1.82) is 0 Å². The number of hydrogen-bond donors (Lipinski definition) is 3. The fourth-order valence-electron chi connectivity index (χ4n) is 11.3. The molecule has 0 aliphatic carbocycles. The molecule has 4 N–H and O–H groups in total. The van der Waals surface area contributed by atoms with Crippen LogP contribution in [-0.4, -0.2) is 172 Å². The smallest absolute Gasteiger partial charge is 0.351 e. The van der Waals surface area contributed by atoms with Gasteiger partial charge in [0.05, 0.1) is 29.6 Å². The number of ether oxygens (including phenoxy) is 10. The van der Waals surface area contributed by atoms with Crippen molar-refractivity contribution in [3.63, 3.8) is 0 Å². The zero-order chi connectivity index (χ0) is 70.0. The van der Waals surface area contributed by atoms with E-state index in [2.05, 4.69) is 35.0 Å². The molecule has 1 unspecified atom stereocenters. The molecule has 9 rings (SSSR count). The summed E-state index contributed by atoms with van der Waals surface area (Å²) in [5.74, 6) is -3.53. The van der Waals surface area contributed by atoms with Gasteiger partial charge < -0.3 is 63.5 Å². The number of nitrogens with zero attached hydrogens (tertiary/aromatic N) is 4. The summed E-state index contributed by atoms with van der Waals surface area (Å²) in [6, 6.07) is 23.5. The van der Waals surface area contributed by atoms with Gasteiger partial charge in [-0.2, -0.15) is 26.8 Å². The monoisotopic (exact) mass is 1360 g/mol. The molecule has 4 aliphatic rings. The minimum absolute atomic E-state index is 0.0151. The number of nitrogens with two attached hydrogens (primary N) is 1. The number of anilines is 2. The first-order valence-electron chi connectivity index (χ1n) is 29.4. The van der Waals surface area contributed by atoms with Gasteiger partial charge in [0.2, 0.25) is 6.29 Å². The van der Waals surface area contributed by atoms with Gasteiger partial charge in [-0.15, -0.1) is 19.7 Å². The second-order valence-corrected chi connectivity index (χ2v) is 25.8. The number of carbonyl (C=O) groups excluding carboxylic acids is 4. The first-order valence-corrected chi connectivity index (χ1v) is 32.3. The third-order valence-corrected chi connectivity index (χ3v) is 18.9. The van der Waals surface area contributed by atoms with Crippen LogP contribution in [0.3, 0.4) is 0 Å². The normalized spacial score (nSPS) is 26.8. The Kier molecular flexibility index (Phi) is 24.3. The van der Waals surface area contributed by atoms with E-state index in [1.54, 1.807) is 68.4 Å². The molecule has 2 bridgehead atoms. The highest BCUT2D eigenvalue weighted by molar-refractivity contribution is 7.87. The van der Waals surface area contributed by atoms with Gasteiger partial charge in [-0.05, 0) is 62.4 Å². The Morgan fingerprint density at radius 3 is 1.60 bits per heavy atom. The van der Waals surface area contributed by atoms with Gasteiger partial charge in [0.1, 0.15) is 53.4 Å². The third-order valence-electron chi connectivity index (χ3n) is 16.3. The SMILES string of the molecule is C=C[C@H](C)[C@@]1(COS(=O)(=O)c2ccc(C)cc2)OC(OC(C)=O)[C@H](OC(C)=O)[C@@H]1OC.C=C[C@H](C)[C@@]1(COS(=O)(=O)c2ccc(C)cc2)O[C@@H](n2ccc(NC(=O)c3ccccc3)nc2=O)[C@H](OC(C)=O)[C@@H]1OC.C=C[C@H](O)[C@@]12CO[C@@H]([C@H](n3ccc(N)nc3=O)O1)[C@@H]2OC. The van der Waals surface area contributed by atoms with Crippen molar-refractivity contribution in [3.05, 3.63) is 179 Å². The molecule has 4 saturated heterocycles. The number of amides is 1. The number of nitrogens with one attached hydrogen (secondary N) is 1. The maximum absolute atomic E-state index is 13.2. The molecular weight excluding hydrogens is 1280 g/mol. The number of esters is 3. The van der Waals surface area contributed by atoms with Gasteiger partial charge in [-0.25, -0.2) is 9.59 Å². The Hall–Kier alpha value is -8.18. The molecule has 2 aromatic heterocycles. The molecular formula is C64H78N6O23S2. The fraction of sp³-hybridized carbons (Fsp3) is 0.438. The van der Waals surface area contributed by atoms with Crippen LogP contribution in [0.15, 0.2) is 161 Å². The number of aliphatic hydroxyl groups excluding tert-OH is 1. The highest BCUT2D eigenvalue weighted by Gasteiger charge is 2.66. The lowest BCUT2D eigenvalue weighted by Crippen LogP contribution is -2.53. The predicted octanol–water partition coefficient (Wildman–Crippen LogP) is 4.43. The van der Waals surface area contributed by atoms with E-state index in [0.29, 0.717) is 5.56 Å².